The van der Waals surface area contributed by atoms with Crippen molar-refractivity contribution in [1.82, 2.24) is 14.5 Å². The molecular formula is C17H13ClF3N3O3. The molecule has 0 bridgehead atoms. The molecule has 2 aromatic heterocycles. The molecular weight excluding hydrogens is 387 g/mol. The number of benzene rings is 1. The Labute approximate surface area is 156 Å². The average molecular weight is 400 g/mol. The van der Waals surface area contributed by atoms with E-state index < -0.39 is 18.3 Å². The van der Waals surface area contributed by atoms with Crippen LogP contribution in [0.25, 0.3) is 16.6 Å². The number of alkyl halides is 3. The third kappa shape index (κ3) is 4.13. The summed E-state index contributed by atoms with van der Waals surface area (Å²) in [5, 5.41) is 0.296. The van der Waals surface area contributed by atoms with Gasteiger partial charge in [-0.2, -0.15) is 18.2 Å². The lowest BCUT2D eigenvalue weighted by molar-refractivity contribution is -0.153. The van der Waals surface area contributed by atoms with Crippen molar-refractivity contribution in [2.24, 2.45) is 0 Å². The van der Waals surface area contributed by atoms with E-state index in [0.29, 0.717) is 5.69 Å². The monoisotopic (exact) mass is 399 g/mol. The molecule has 0 fully saturated rings. The van der Waals surface area contributed by atoms with Gasteiger partial charge in [0, 0.05) is 6.20 Å². The van der Waals surface area contributed by atoms with Crippen LogP contribution in [0.4, 0.5) is 13.2 Å². The van der Waals surface area contributed by atoms with Crippen molar-refractivity contribution in [2.45, 2.75) is 13.1 Å². The van der Waals surface area contributed by atoms with Crippen molar-refractivity contribution >= 4 is 22.5 Å². The molecule has 0 aliphatic rings. The van der Waals surface area contributed by atoms with Crippen LogP contribution in [0.15, 0.2) is 41.3 Å². The van der Waals surface area contributed by atoms with Crippen molar-refractivity contribution in [1.29, 1.82) is 0 Å². The molecule has 2 heterocycles. The van der Waals surface area contributed by atoms with Crippen LogP contribution in [-0.4, -0.2) is 33.9 Å². The van der Waals surface area contributed by atoms with Crippen LogP contribution in [0, 0.1) is 0 Å². The highest BCUT2D eigenvalue weighted by atomic mass is 35.5. The van der Waals surface area contributed by atoms with E-state index in [2.05, 4.69) is 14.7 Å². The molecule has 0 saturated carbocycles. The highest BCUT2D eigenvalue weighted by molar-refractivity contribution is 6.33. The molecule has 0 N–H and O–H groups in total. The van der Waals surface area contributed by atoms with Crippen molar-refractivity contribution in [3.63, 3.8) is 0 Å². The summed E-state index contributed by atoms with van der Waals surface area (Å²) in [4.78, 5) is 21.0. The van der Waals surface area contributed by atoms with E-state index in [-0.39, 0.29) is 34.4 Å². The average Bonchev–Trinajstić information content (AvgIpc) is 2.62. The summed E-state index contributed by atoms with van der Waals surface area (Å²) in [5.74, 6) is 0.0167. The quantitative estimate of drug-likeness (QED) is 0.611. The third-order valence-electron chi connectivity index (χ3n) is 3.48. The largest absolute Gasteiger partial charge is 0.484 e. The maximum Gasteiger partial charge on any atom is 0.422 e. The molecule has 0 radical (unpaired) electrons. The molecule has 0 unspecified atom stereocenters. The summed E-state index contributed by atoms with van der Waals surface area (Å²) in [6.45, 7) is 0.557. The zero-order chi connectivity index (χ0) is 19.6. The molecule has 0 atom stereocenters. The predicted molar refractivity (Wildman–Crippen MR) is 92.9 cm³/mol. The van der Waals surface area contributed by atoms with Crippen LogP contribution in [0.3, 0.4) is 0 Å². The van der Waals surface area contributed by atoms with E-state index in [1.807, 2.05) is 0 Å². The lowest BCUT2D eigenvalue weighted by Crippen LogP contribution is -2.22. The molecule has 0 saturated heterocycles. The SMILES string of the molecule is CCOc1nc2c(Cl)nccc2c(=O)n1-c1ccc(OCC(F)(F)F)cc1. The van der Waals surface area contributed by atoms with E-state index in [0.717, 1.165) is 0 Å². The minimum atomic E-state index is -4.44. The van der Waals surface area contributed by atoms with Crippen LogP contribution in [-0.2, 0) is 0 Å². The number of halogens is 4. The van der Waals surface area contributed by atoms with Gasteiger partial charge < -0.3 is 9.47 Å². The second-order valence-corrected chi connectivity index (χ2v) is 5.72. The molecule has 0 aliphatic carbocycles. The fraction of sp³-hybridized carbons (Fsp3) is 0.235. The van der Waals surface area contributed by atoms with Gasteiger partial charge in [-0.3, -0.25) is 4.79 Å². The Hall–Kier alpha value is -2.81. The molecule has 27 heavy (non-hydrogen) atoms. The van der Waals surface area contributed by atoms with Gasteiger partial charge >= 0.3 is 12.2 Å². The van der Waals surface area contributed by atoms with Gasteiger partial charge in [0.1, 0.15) is 11.3 Å². The standard InChI is InChI=1S/C17H13ClF3N3O3/c1-2-26-16-23-13-12(7-8-22-14(13)18)15(25)24(16)10-3-5-11(6-4-10)27-9-17(19,20)21/h3-8H,2,9H2,1H3. The van der Waals surface area contributed by atoms with Crippen molar-refractivity contribution in [2.75, 3.05) is 13.2 Å². The zero-order valence-corrected chi connectivity index (χ0v) is 14.7. The second kappa shape index (κ2) is 7.43. The molecule has 142 valence electrons. The number of rotatable bonds is 5. The maximum absolute atomic E-state index is 12.9. The van der Waals surface area contributed by atoms with Crippen LogP contribution in [0.5, 0.6) is 11.8 Å². The third-order valence-corrected chi connectivity index (χ3v) is 3.76. The summed E-state index contributed by atoms with van der Waals surface area (Å²) < 4.78 is 48.1. The molecule has 3 aromatic rings. The van der Waals surface area contributed by atoms with Crippen molar-refractivity contribution < 1.29 is 22.6 Å². The summed E-state index contributed by atoms with van der Waals surface area (Å²) in [6.07, 6.45) is -3.06. The number of nitrogens with zero attached hydrogens (tertiary/aromatic N) is 3. The van der Waals surface area contributed by atoms with E-state index in [1.54, 1.807) is 6.92 Å². The topological polar surface area (TPSA) is 66.2 Å². The highest BCUT2D eigenvalue weighted by Gasteiger charge is 2.28. The van der Waals surface area contributed by atoms with Gasteiger partial charge in [0.05, 0.1) is 17.7 Å². The predicted octanol–water partition coefficient (Wildman–Crippen LogP) is 3.77. The Morgan fingerprint density at radius 1 is 1.15 bits per heavy atom. The summed E-state index contributed by atoms with van der Waals surface area (Å²) in [5.41, 5.74) is 0.107. The van der Waals surface area contributed by atoms with Crippen LogP contribution in [0.1, 0.15) is 6.92 Å². The maximum atomic E-state index is 12.9. The zero-order valence-electron chi connectivity index (χ0n) is 14.0. The van der Waals surface area contributed by atoms with E-state index in [9.17, 15) is 18.0 Å². The molecule has 1 aromatic carbocycles. The molecule has 6 nitrogen and oxygen atoms in total. The van der Waals surface area contributed by atoms with Gasteiger partial charge in [-0.05, 0) is 37.3 Å². The van der Waals surface area contributed by atoms with Crippen molar-refractivity contribution in [3.05, 3.63) is 52.0 Å². The fourth-order valence-corrected chi connectivity index (χ4v) is 2.57. The first-order valence-corrected chi connectivity index (χ1v) is 8.18. The number of aromatic nitrogens is 3. The molecule has 3 rings (SSSR count). The normalized spacial score (nSPS) is 11.6. The van der Waals surface area contributed by atoms with Gasteiger partial charge in [-0.15, -0.1) is 0 Å². The minimum absolute atomic E-state index is 0.00569. The Morgan fingerprint density at radius 3 is 2.48 bits per heavy atom. The van der Waals surface area contributed by atoms with Gasteiger partial charge in [-0.1, -0.05) is 11.6 Å². The number of fused-ring (bicyclic) bond motifs is 1. The van der Waals surface area contributed by atoms with Crippen LogP contribution < -0.4 is 15.0 Å². The first kappa shape index (κ1) is 19.0. The van der Waals surface area contributed by atoms with Gasteiger partial charge in [-0.25, -0.2) is 9.55 Å². The number of pyridine rings is 1. The Balaban J connectivity index is 2.06. The number of hydrogen-bond donors (Lipinski definition) is 0. The summed E-state index contributed by atoms with van der Waals surface area (Å²) in [7, 11) is 0. The Morgan fingerprint density at radius 2 is 1.85 bits per heavy atom. The smallest absolute Gasteiger partial charge is 0.422 e. The van der Waals surface area contributed by atoms with Gasteiger partial charge in [0.2, 0.25) is 0 Å². The summed E-state index contributed by atoms with van der Waals surface area (Å²) in [6, 6.07) is 7.00. The molecule has 0 spiro atoms. The lowest BCUT2D eigenvalue weighted by atomic mass is 10.2. The van der Waals surface area contributed by atoms with Crippen molar-refractivity contribution in [3.8, 4) is 17.4 Å². The van der Waals surface area contributed by atoms with E-state index >= 15 is 0 Å². The molecule has 10 heteroatoms. The molecule has 0 aliphatic heterocycles. The first-order chi connectivity index (χ1) is 12.8. The van der Waals surface area contributed by atoms with Gasteiger partial charge in [0.25, 0.3) is 5.56 Å². The summed E-state index contributed by atoms with van der Waals surface area (Å²) >= 11 is 6.01. The Kier molecular flexibility index (Phi) is 5.22. The highest BCUT2D eigenvalue weighted by Crippen LogP contribution is 2.24. The van der Waals surface area contributed by atoms with Gasteiger partial charge in [0.15, 0.2) is 11.8 Å². The molecule has 0 amide bonds. The lowest BCUT2D eigenvalue weighted by Gasteiger charge is -2.14. The van der Waals surface area contributed by atoms with E-state index in [1.165, 1.54) is 41.1 Å². The number of hydrogen-bond acceptors (Lipinski definition) is 5. The minimum Gasteiger partial charge on any atom is -0.484 e. The Bertz CT molecular complexity index is 1020. The second-order valence-electron chi connectivity index (χ2n) is 5.36. The van der Waals surface area contributed by atoms with Crippen LogP contribution in [0.2, 0.25) is 5.15 Å². The fourth-order valence-electron chi connectivity index (χ4n) is 2.37. The van der Waals surface area contributed by atoms with Crippen LogP contribution >= 0.6 is 11.6 Å². The number of ether oxygens (including phenoxy) is 2. The first-order valence-electron chi connectivity index (χ1n) is 7.80. The van der Waals surface area contributed by atoms with E-state index in [4.69, 9.17) is 16.3 Å².